The predicted octanol–water partition coefficient (Wildman–Crippen LogP) is 4.30. The van der Waals surface area contributed by atoms with Crippen molar-refractivity contribution in [1.29, 1.82) is 0 Å². The van der Waals surface area contributed by atoms with Crippen molar-refractivity contribution in [3.8, 4) is 0 Å². The smallest absolute Gasteiger partial charge is 0.303 e. The molecular formula is C28H40N2O5S. The van der Waals surface area contributed by atoms with E-state index in [9.17, 15) is 14.4 Å². The van der Waals surface area contributed by atoms with Crippen LogP contribution in [0.4, 0.5) is 0 Å². The van der Waals surface area contributed by atoms with Crippen molar-refractivity contribution in [3.63, 3.8) is 0 Å². The van der Waals surface area contributed by atoms with Gasteiger partial charge in [0.15, 0.2) is 0 Å². The molecule has 0 saturated carbocycles. The first-order valence-corrected chi connectivity index (χ1v) is 13.9. The maximum atomic E-state index is 12.4. The lowest BCUT2D eigenvalue weighted by Crippen LogP contribution is -2.42. The number of nitrogens with one attached hydrogen (secondary N) is 2. The van der Waals surface area contributed by atoms with Crippen LogP contribution in [0.1, 0.15) is 64.9 Å². The van der Waals surface area contributed by atoms with Crippen LogP contribution in [0.5, 0.6) is 0 Å². The molecule has 2 bridgehead atoms. The third kappa shape index (κ3) is 8.66. The number of rotatable bonds is 13. The number of aliphatic carboxylic acids is 1. The fourth-order valence-electron chi connectivity index (χ4n) is 4.95. The Kier molecular flexibility index (Phi) is 10.4. The number of amides is 2. The molecular weight excluding hydrogens is 476 g/mol. The van der Waals surface area contributed by atoms with Crippen LogP contribution >= 0.6 is 11.8 Å². The monoisotopic (exact) mass is 516 g/mol. The fourth-order valence-corrected chi connectivity index (χ4v) is 5.67. The topological polar surface area (TPSA) is 105 Å². The Morgan fingerprint density at radius 1 is 1.03 bits per heavy atom. The maximum Gasteiger partial charge on any atom is 0.303 e. The molecule has 4 atom stereocenters. The van der Waals surface area contributed by atoms with Gasteiger partial charge in [0.05, 0.1) is 24.5 Å². The first kappa shape index (κ1) is 28.3. The summed E-state index contributed by atoms with van der Waals surface area (Å²) < 4.78 is 6.10. The first-order valence-electron chi connectivity index (χ1n) is 12.9. The lowest BCUT2D eigenvalue weighted by molar-refractivity contribution is -0.137. The van der Waals surface area contributed by atoms with Gasteiger partial charge in [0.25, 0.3) is 0 Å². The van der Waals surface area contributed by atoms with Gasteiger partial charge in [-0.15, -0.1) is 11.8 Å². The van der Waals surface area contributed by atoms with Crippen molar-refractivity contribution in [2.75, 3.05) is 18.8 Å². The van der Waals surface area contributed by atoms with Crippen LogP contribution in [-0.2, 0) is 24.5 Å². The van der Waals surface area contributed by atoms with Gasteiger partial charge in [-0.25, -0.2) is 0 Å². The third-order valence-corrected chi connectivity index (χ3v) is 8.01. The molecule has 1 aromatic carbocycles. The van der Waals surface area contributed by atoms with Crippen LogP contribution in [-0.4, -0.2) is 53.9 Å². The minimum atomic E-state index is -0.762. The van der Waals surface area contributed by atoms with Gasteiger partial charge in [-0.05, 0) is 61.1 Å². The standard InChI is InChI=1S/C28H40N2O5S/c1-28(2,3)19-10-12-20(13-11-19)36-18-26(32)30-17-25(31)29-16-22-21(23-14-15-24(22)35-23)8-6-4-5-7-9-27(33)34/h4,6,10-13,21-24H,5,7-9,14-18H2,1-3H3,(H,29,31)(H,30,32)(H,33,34)/b6-4-/t21-,22?,23+,24-/m1/s1. The Balaban J connectivity index is 1.35. The summed E-state index contributed by atoms with van der Waals surface area (Å²) in [6.07, 6.45) is 9.13. The molecule has 0 aliphatic carbocycles. The maximum absolute atomic E-state index is 12.4. The molecule has 3 N–H and O–H groups in total. The van der Waals surface area contributed by atoms with E-state index in [1.807, 2.05) is 12.1 Å². The van der Waals surface area contributed by atoms with Crippen LogP contribution < -0.4 is 10.6 Å². The highest BCUT2D eigenvalue weighted by atomic mass is 32.2. The van der Waals surface area contributed by atoms with E-state index in [1.54, 1.807) is 0 Å². The molecule has 1 unspecified atom stereocenters. The summed E-state index contributed by atoms with van der Waals surface area (Å²) in [6.45, 7) is 7.02. The quantitative estimate of drug-likeness (QED) is 0.205. The second kappa shape index (κ2) is 13.3. The molecule has 198 valence electrons. The molecule has 2 aliphatic heterocycles. The zero-order valence-corrected chi connectivity index (χ0v) is 22.4. The Morgan fingerprint density at radius 3 is 2.39 bits per heavy atom. The minimum Gasteiger partial charge on any atom is -0.481 e. The van der Waals surface area contributed by atoms with E-state index in [4.69, 9.17) is 9.84 Å². The zero-order chi connectivity index (χ0) is 26.1. The lowest BCUT2D eigenvalue weighted by atomic mass is 9.77. The highest BCUT2D eigenvalue weighted by Gasteiger charge is 2.47. The first-order chi connectivity index (χ1) is 17.1. The van der Waals surface area contributed by atoms with Gasteiger partial charge in [-0.3, -0.25) is 14.4 Å². The van der Waals surface area contributed by atoms with E-state index in [1.165, 1.54) is 17.3 Å². The number of allylic oxidation sites excluding steroid dienone is 2. The summed E-state index contributed by atoms with van der Waals surface area (Å²) in [6, 6.07) is 8.25. The van der Waals surface area contributed by atoms with Crippen molar-refractivity contribution >= 4 is 29.5 Å². The fraction of sp³-hybridized carbons (Fsp3) is 0.607. The van der Waals surface area contributed by atoms with E-state index in [2.05, 4.69) is 55.7 Å². The number of benzene rings is 1. The van der Waals surface area contributed by atoms with E-state index >= 15 is 0 Å². The van der Waals surface area contributed by atoms with Crippen LogP contribution in [0.15, 0.2) is 41.3 Å². The Hall–Kier alpha value is -2.32. The molecule has 8 heteroatoms. The molecule has 7 nitrogen and oxygen atoms in total. The largest absolute Gasteiger partial charge is 0.481 e. The number of unbranched alkanes of at least 4 members (excludes halogenated alkanes) is 1. The molecule has 3 rings (SSSR count). The number of ether oxygens (including phenoxy) is 1. The molecule has 0 aromatic heterocycles. The number of hydrogen-bond acceptors (Lipinski definition) is 5. The van der Waals surface area contributed by atoms with Crippen molar-refractivity contribution in [2.45, 2.75) is 81.8 Å². The highest BCUT2D eigenvalue weighted by molar-refractivity contribution is 8.00. The molecule has 2 amide bonds. The average Bonchev–Trinajstić information content (AvgIpc) is 3.43. The molecule has 0 spiro atoms. The normalized spacial score (nSPS) is 23.2. The Labute approximate surface area is 218 Å². The SMILES string of the molecule is CC(C)(C)c1ccc(SCC(=O)NCC(=O)NCC2[C@@H](C/C=C\CCCC(=O)O)[C@@H]3CC[C@H]2O3)cc1. The third-order valence-electron chi connectivity index (χ3n) is 7.00. The molecule has 2 saturated heterocycles. The Bertz CT molecular complexity index is 925. The zero-order valence-electron chi connectivity index (χ0n) is 21.6. The molecule has 1 aromatic rings. The lowest BCUT2D eigenvalue weighted by Gasteiger charge is -2.27. The van der Waals surface area contributed by atoms with E-state index in [0.717, 1.165) is 30.6 Å². The molecule has 2 aliphatic rings. The van der Waals surface area contributed by atoms with Gasteiger partial charge in [-0.2, -0.15) is 0 Å². The molecule has 36 heavy (non-hydrogen) atoms. The number of fused-ring (bicyclic) bond motifs is 2. The molecule has 2 heterocycles. The second-order valence-electron chi connectivity index (χ2n) is 10.8. The van der Waals surface area contributed by atoms with Crippen LogP contribution in [0, 0.1) is 11.8 Å². The van der Waals surface area contributed by atoms with E-state index < -0.39 is 5.97 Å². The highest BCUT2D eigenvalue weighted by Crippen LogP contribution is 2.44. The van der Waals surface area contributed by atoms with Crippen molar-refractivity contribution in [1.82, 2.24) is 10.6 Å². The minimum absolute atomic E-state index is 0.0296. The van der Waals surface area contributed by atoms with Gasteiger partial charge in [0, 0.05) is 23.8 Å². The van der Waals surface area contributed by atoms with Gasteiger partial charge in [0.1, 0.15) is 0 Å². The average molecular weight is 517 g/mol. The number of thioether (sulfide) groups is 1. The Morgan fingerprint density at radius 2 is 1.72 bits per heavy atom. The van der Waals surface area contributed by atoms with Gasteiger partial charge in [-0.1, -0.05) is 45.1 Å². The van der Waals surface area contributed by atoms with E-state index in [0.29, 0.717) is 18.9 Å². The van der Waals surface area contributed by atoms with Crippen LogP contribution in [0.2, 0.25) is 0 Å². The van der Waals surface area contributed by atoms with Crippen molar-refractivity contribution < 1.29 is 24.2 Å². The summed E-state index contributed by atoms with van der Waals surface area (Å²) in [5.74, 6) is -0.225. The predicted molar refractivity (Wildman–Crippen MR) is 142 cm³/mol. The van der Waals surface area contributed by atoms with Crippen LogP contribution in [0.3, 0.4) is 0 Å². The number of carbonyl (C=O) groups excluding carboxylic acids is 2. The summed E-state index contributed by atoms with van der Waals surface area (Å²) in [7, 11) is 0. The van der Waals surface area contributed by atoms with Gasteiger partial charge in [0.2, 0.25) is 11.8 Å². The van der Waals surface area contributed by atoms with Crippen molar-refractivity contribution in [2.24, 2.45) is 11.8 Å². The number of carbonyl (C=O) groups is 3. The van der Waals surface area contributed by atoms with Gasteiger partial charge >= 0.3 is 5.97 Å². The molecule has 2 fully saturated rings. The van der Waals surface area contributed by atoms with E-state index in [-0.39, 0.29) is 54.1 Å². The summed E-state index contributed by atoms with van der Waals surface area (Å²) in [5, 5.41) is 14.4. The van der Waals surface area contributed by atoms with Crippen LogP contribution in [0.25, 0.3) is 0 Å². The number of hydrogen-bond donors (Lipinski definition) is 3. The number of carboxylic acids is 1. The summed E-state index contributed by atoms with van der Waals surface area (Å²) in [4.78, 5) is 36.2. The summed E-state index contributed by atoms with van der Waals surface area (Å²) >= 11 is 1.46. The summed E-state index contributed by atoms with van der Waals surface area (Å²) in [5.41, 5.74) is 1.35. The number of carboxylic acid groups (broad SMARTS) is 1. The van der Waals surface area contributed by atoms with Crippen molar-refractivity contribution in [3.05, 3.63) is 42.0 Å². The second-order valence-corrected chi connectivity index (χ2v) is 11.8. The molecule has 0 radical (unpaired) electrons. The van der Waals surface area contributed by atoms with Gasteiger partial charge < -0.3 is 20.5 Å².